The highest BCUT2D eigenvalue weighted by molar-refractivity contribution is 5.79. The van der Waals surface area contributed by atoms with Crippen molar-refractivity contribution in [2.24, 2.45) is 0 Å². The number of Topliss-reactive ketones (excluding diaryl/α,β-unsaturated/α-hetero) is 1. The number of likely N-dealkylation sites (N-methyl/N-ethyl adjacent to an activating group) is 1. The van der Waals surface area contributed by atoms with Gasteiger partial charge in [0.25, 0.3) is 0 Å². The standard InChI is InChI=1S/C6H13N.C4H7NO2.C2H6/c1-4-5-6-7(2)3;1-4(7)2-5-3-6;1-2/h4-5H,6H2,1-3H3;3H,2H2,1H3,(H,5,6);1-2H3/b5-4+;;. The molecule has 1 amide bonds. The van der Waals surface area contributed by atoms with Crippen molar-refractivity contribution in [1.29, 1.82) is 0 Å². The first-order valence-corrected chi connectivity index (χ1v) is 5.47. The Labute approximate surface area is 99.7 Å². The minimum atomic E-state index is -0.0351. The van der Waals surface area contributed by atoms with Gasteiger partial charge in [0.05, 0.1) is 6.54 Å². The molecule has 0 fully saturated rings. The Morgan fingerprint density at radius 2 is 1.81 bits per heavy atom. The second-order valence-electron chi connectivity index (χ2n) is 3.03. The van der Waals surface area contributed by atoms with Gasteiger partial charge in [-0.05, 0) is 27.9 Å². The number of hydrogen-bond acceptors (Lipinski definition) is 3. The van der Waals surface area contributed by atoms with Gasteiger partial charge in [0, 0.05) is 6.54 Å². The predicted octanol–water partition coefficient (Wildman–Crippen LogP) is 1.47. The van der Waals surface area contributed by atoms with Crippen molar-refractivity contribution < 1.29 is 9.59 Å². The monoisotopic (exact) mass is 230 g/mol. The third-order valence-electron chi connectivity index (χ3n) is 1.14. The molecule has 16 heavy (non-hydrogen) atoms. The Hall–Kier alpha value is -1.16. The molecule has 0 aliphatic heterocycles. The normalized spacial score (nSPS) is 8.69. The first kappa shape index (κ1) is 20.3. The number of carbonyl (C=O) groups excluding carboxylic acids is 2. The lowest BCUT2D eigenvalue weighted by Crippen LogP contribution is -2.18. The molecule has 4 nitrogen and oxygen atoms in total. The lowest BCUT2D eigenvalue weighted by Gasteiger charge is -2.02. The summed E-state index contributed by atoms with van der Waals surface area (Å²) in [5.41, 5.74) is 0. The largest absolute Gasteiger partial charge is 0.352 e. The number of ketones is 1. The Balaban J connectivity index is -0.000000183. The summed E-state index contributed by atoms with van der Waals surface area (Å²) in [6.07, 6.45) is 4.68. The molecule has 0 aromatic rings. The van der Waals surface area contributed by atoms with Crippen molar-refractivity contribution >= 4 is 12.2 Å². The second-order valence-corrected chi connectivity index (χ2v) is 3.03. The zero-order chi connectivity index (χ0) is 13.4. The number of allylic oxidation sites excluding steroid dienone is 1. The lowest BCUT2D eigenvalue weighted by atomic mass is 10.5. The van der Waals surface area contributed by atoms with Crippen LogP contribution < -0.4 is 5.32 Å². The van der Waals surface area contributed by atoms with Crippen LogP contribution in [-0.4, -0.2) is 44.3 Å². The van der Waals surface area contributed by atoms with E-state index in [0.29, 0.717) is 6.41 Å². The van der Waals surface area contributed by atoms with E-state index in [-0.39, 0.29) is 12.3 Å². The molecule has 0 aliphatic carbocycles. The fourth-order valence-corrected chi connectivity index (χ4v) is 0.502. The van der Waals surface area contributed by atoms with Crippen LogP contribution in [0.3, 0.4) is 0 Å². The van der Waals surface area contributed by atoms with Crippen molar-refractivity contribution in [1.82, 2.24) is 10.2 Å². The molecular weight excluding hydrogens is 204 g/mol. The van der Waals surface area contributed by atoms with Crippen LogP contribution in [0.2, 0.25) is 0 Å². The van der Waals surface area contributed by atoms with Gasteiger partial charge in [-0.2, -0.15) is 0 Å². The van der Waals surface area contributed by atoms with Crippen LogP contribution in [0.4, 0.5) is 0 Å². The molecular formula is C12H26N2O2. The topological polar surface area (TPSA) is 49.4 Å². The SMILES string of the molecule is C/C=C/CN(C)C.CC.CC(=O)CNC=O. The molecule has 96 valence electrons. The highest BCUT2D eigenvalue weighted by Gasteiger charge is 1.84. The van der Waals surface area contributed by atoms with E-state index >= 15 is 0 Å². The summed E-state index contributed by atoms with van der Waals surface area (Å²) in [6.45, 7) is 8.64. The molecule has 0 rings (SSSR count). The van der Waals surface area contributed by atoms with Crippen LogP contribution in [0.1, 0.15) is 27.7 Å². The maximum absolute atomic E-state index is 9.98. The molecule has 0 unspecified atom stereocenters. The molecule has 0 aromatic heterocycles. The van der Waals surface area contributed by atoms with Crippen molar-refractivity contribution in [3.05, 3.63) is 12.2 Å². The number of hydrogen-bond donors (Lipinski definition) is 1. The van der Waals surface area contributed by atoms with Gasteiger partial charge < -0.3 is 10.2 Å². The summed E-state index contributed by atoms with van der Waals surface area (Å²) in [5, 5.41) is 2.22. The van der Waals surface area contributed by atoms with Gasteiger partial charge >= 0.3 is 0 Å². The van der Waals surface area contributed by atoms with E-state index in [0.717, 1.165) is 6.54 Å². The molecule has 0 radical (unpaired) electrons. The van der Waals surface area contributed by atoms with Crippen molar-refractivity contribution in [3.63, 3.8) is 0 Å². The van der Waals surface area contributed by atoms with Crippen LogP contribution in [-0.2, 0) is 9.59 Å². The van der Waals surface area contributed by atoms with Crippen LogP contribution >= 0.6 is 0 Å². The number of nitrogens with one attached hydrogen (secondary N) is 1. The van der Waals surface area contributed by atoms with E-state index in [1.54, 1.807) is 0 Å². The molecule has 4 heteroatoms. The van der Waals surface area contributed by atoms with Gasteiger partial charge in [0.2, 0.25) is 6.41 Å². The van der Waals surface area contributed by atoms with Gasteiger partial charge in [0.15, 0.2) is 0 Å². The second kappa shape index (κ2) is 19.4. The van der Waals surface area contributed by atoms with E-state index in [1.165, 1.54) is 6.92 Å². The summed E-state index contributed by atoms with van der Waals surface area (Å²) < 4.78 is 0. The van der Waals surface area contributed by atoms with E-state index in [4.69, 9.17) is 0 Å². The van der Waals surface area contributed by atoms with E-state index in [2.05, 4.69) is 36.5 Å². The lowest BCUT2D eigenvalue weighted by molar-refractivity contribution is -0.118. The summed E-state index contributed by atoms with van der Waals surface area (Å²) in [4.78, 5) is 21.6. The molecule has 0 bridgehead atoms. The van der Waals surface area contributed by atoms with Crippen LogP contribution in [0.25, 0.3) is 0 Å². The van der Waals surface area contributed by atoms with Gasteiger partial charge in [-0.3, -0.25) is 9.59 Å². The van der Waals surface area contributed by atoms with E-state index in [1.807, 2.05) is 20.8 Å². The Morgan fingerprint density at radius 3 is 1.94 bits per heavy atom. The Kier molecular flexibility index (Phi) is 24.6. The minimum Gasteiger partial charge on any atom is -0.352 e. The maximum atomic E-state index is 9.98. The van der Waals surface area contributed by atoms with E-state index < -0.39 is 0 Å². The van der Waals surface area contributed by atoms with Crippen molar-refractivity contribution in [2.75, 3.05) is 27.2 Å². The molecule has 0 atom stereocenters. The molecule has 1 N–H and O–H groups in total. The maximum Gasteiger partial charge on any atom is 0.207 e. The zero-order valence-electron chi connectivity index (χ0n) is 11.4. The average molecular weight is 230 g/mol. The Morgan fingerprint density at radius 1 is 1.31 bits per heavy atom. The van der Waals surface area contributed by atoms with Gasteiger partial charge in [-0.15, -0.1) is 0 Å². The third kappa shape index (κ3) is 38.5. The Bertz CT molecular complexity index is 178. The van der Waals surface area contributed by atoms with Crippen LogP contribution in [0, 0.1) is 0 Å². The van der Waals surface area contributed by atoms with Crippen molar-refractivity contribution in [3.8, 4) is 0 Å². The molecule has 0 spiro atoms. The summed E-state index contributed by atoms with van der Waals surface area (Å²) >= 11 is 0. The van der Waals surface area contributed by atoms with Gasteiger partial charge in [0.1, 0.15) is 5.78 Å². The van der Waals surface area contributed by atoms with E-state index in [9.17, 15) is 9.59 Å². The highest BCUT2D eigenvalue weighted by Crippen LogP contribution is 1.74. The van der Waals surface area contributed by atoms with Gasteiger partial charge in [-0.1, -0.05) is 26.0 Å². The summed E-state index contributed by atoms with van der Waals surface area (Å²) in [7, 11) is 4.11. The first-order valence-electron chi connectivity index (χ1n) is 5.47. The minimum absolute atomic E-state index is 0.0351. The van der Waals surface area contributed by atoms with Crippen molar-refractivity contribution in [2.45, 2.75) is 27.7 Å². The molecule has 0 aromatic carbocycles. The average Bonchev–Trinajstić information content (AvgIpc) is 2.27. The van der Waals surface area contributed by atoms with Crippen LogP contribution in [0.15, 0.2) is 12.2 Å². The quantitative estimate of drug-likeness (QED) is 0.575. The highest BCUT2D eigenvalue weighted by atomic mass is 16.1. The van der Waals surface area contributed by atoms with Crippen LogP contribution in [0.5, 0.6) is 0 Å². The summed E-state index contributed by atoms with van der Waals surface area (Å²) in [6, 6.07) is 0. The predicted molar refractivity (Wildman–Crippen MR) is 69.5 cm³/mol. The van der Waals surface area contributed by atoms with Gasteiger partial charge in [-0.25, -0.2) is 0 Å². The number of carbonyl (C=O) groups is 2. The fraction of sp³-hybridized carbons (Fsp3) is 0.667. The fourth-order valence-electron chi connectivity index (χ4n) is 0.502. The molecule has 0 heterocycles. The number of nitrogens with zero attached hydrogens (tertiary/aromatic N) is 1. The molecule has 0 saturated heterocycles. The molecule has 0 saturated carbocycles. The number of amides is 1. The smallest absolute Gasteiger partial charge is 0.207 e. The first-order chi connectivity index (χ1) is 7.54. The number of rotatable bonds is 5. The summed E-state index contributed by atoms with van der Waals surface area (Å²) in [5.74, 6) is -0.0351. The third-order valence-corrected chi connectivity index (χ3v) is 1.14. The zero-order valence-corrected chi connectivity index (χ0v) is 11.4. The molecule has 0 aliphatic rings.